The molecule has 0 amide bonds. The van der Waals surface area contributed by atoms with Gasteiger partial charge in [-0.1, -0.05) is 111 Å². The number of halogens is 15. The van der Waals surface area contributed by atoms with E-state index in [9.17, 15) is 70.7 Å². The summed E-state index contributed by atoms with van der Waals surface area (Å²) in [6.07, 6.45) is 5.28. The van der Waals surface area contributed by atoms with Gasteiger partial charge >= 0.3 is 55.5 Å². The predicted octanol–water partition coefficient (Wildman–Crippen LogP) is 22.9. The van der Waals surface area contributed by atoms with E-state index in [2.05, 4.69) is 48.5 Å². The number of alkyl halides is 15. The van der Waals surface area contributed by atoms with Gasteiger partial charge in [-0.3, -0.25) is 4.79 Å². The van der Waals surface area contributed by atoms with Crippen molar-refractivity contribution in [3.05, 3.63) is 147 Å². The van der Waals surface area contributed by atoms with Crippen LogP contribution >= 0.6 is 0 Å². The first-order chi connectivity index (χ1) is 54.9. The fourth-order valence-electron chi connectivity index (χ4n) is 18.8. The fraction of sp³-hybridized carbons (Fsp3) is 0.602. The van der Waals surface area contributed by atoms with E-state index in [0.717, 1.165) is 167 Å². The van der Waals surface area contributed by atoms with Crippen LogP contribution in [0.5, 0.6) is 28.7 Å². The van der Waals surface area contributed by atoms with E-state index in [1.165, 1.54) is 80.3 Å². The topological polar surface area (TPSA) is 200 Å². The Morgan fingerprint density at radius 1 is 0.350 bits per heavy atom. The van der Waals surface area contributed by atoms with Crippen molar-refractivity contribution in [1.82, 2.24) is 0 Å². The zero-order valence-electron chi connectivity index (χ0n) is 66.6. The number of fused-ring (bicyclic) bond motifs is 10. The molecule has 10 aliphatic rings. The zero-order chi connectivity index (χ0) is 86.8. The number of Topliss-reactive ketones (excluding diaryl/α,β-unsaturated/α-hetero) is 1. The fourth-order valence-corrected chi connectivity index (χ4v) is 18.8. The quantitative estimate of drug-likeness (QED) is 0.139. The Bertz CT molecular complexity index is 4100. The summed E-state index contributed by atoms with van der Waals surface area (Å²) in [5.74, 6) is 5.97. The van der Waals surface area contributed by atoms with Crippen LogP contribution in [0.15, 0.2) is 91.0 Å². The van der Waals surface area contributed by atoms with Crippen molar-refractivity contribution in [3.63, 3.8) is 0 Å². The van der Waals surface area contributed by atoms with E-state index >= 15 is 0 Å². The second kappa shape index (κ2) is 39.9. The average molecular weight is 1670 g/mol. The van der Waals surface area contributed by atoms with Gasteiger partial charge in [0.15, 0.2) is 0 Å². The number of ketones is 1. The van der Waals surface area contributed by atoms with Gasteiger partial charge in [-0.05, 0) is 211 Å². The number of benzene rings is 5. The van der Waals surface area contributed by atoms with E-state index in [0.29, 0.717) is 105 Å². The molecular weight excluding hydrogens is 1570 g/mol. The molecule has 5 fully saturated rings. The summed E-state index contributed by atoms with van der Waals surface area (Å²) in [4.78, 5) is 76.3. The molecule has 5 heterocycles. The number of hydrogen-bond acceptors (Lipinski definition) is 14. The molecule has 0 N–H and O–H groups in total. The summed E-state index contributed by atoms with van der Waals surface area (Å²) >= 11 is 0. The maximum Gasteiger partial charge on any atom is 0.416 e. The normalized spacial score (nSPS) is 24.6. The molecule has 5 saturated carbocycles. The minimum absolute atomic E-state index is 0.0380. The van der Waals surface area contributed by atoms with Crippen molar-refractivity contribution in [2.45, 2.75) is 267 Å². The van der Waals surface area contributed by atoms with E-state index < -0.39 is 58.7 Å². The molecule has 0 radical (unpaired) electrons. The molecule has 29 heteroatoms. The minimum Gasteiger partial charge on any atom is -0.492 e. The van der Waals surface area contributed by atoms with Gasteiger partial charge in [-0.25, -0.2) is 0 Å². The van der Waals surface area contributed by atoms with Gasteiger partial charge in [-0.15, -0.1) is 0 Å². The molecular formula is C88H101F15O14. The Kier molecular flexibility index (Phi) is 32.5. The van der Waals surface area contributed by atoms with Crippen LogP contribution in [0, 0.1) is 35.0 Å². The maximum atomic E-state index is 12.9. The number of rotatable bonds is 7. The summed E-state index contributed by atoms with van der Waals surface area (Å²) in [7, 11) is 0. The van der Waals surface area contributed by atoms with Crippen molar-refractivity contribution >= 4 is 30.4 Å². The molecule has 0 unspecified atom stereocenters. The predicted molar refractivity (Wildman–Crippen MR) is 393 cm³/mol. The monoisotopic (exact) mass is 1670 g/mol. The first-order valence-electron chi connectivity index (χ1n) is 39.7. The summed E-state index contributed by atoms with van der Waals surface area (Å²) in [6.45, 7) is 18.3. The lowest BCUT2D eigenvalue weighted by atomic mass is 9.61. The average Bonchev–Trinajstić information content (AvgIpc) is 1.64. The zero-order valence-corrected chi connectivity index (χ0v) is 66.6. The lowest BCUT2D eigenvalue weighted by Crippen LogP contribution is -2.37. The Morgan fingerprint density at radius 3 is 0.769 bits per heavy atom. The van der Waals surface area contributed by atoms with E-state index in [4.69, 9.17) is 62.0 Å². The number of ether oxygens (including phenoxy) is 5. The van der Waals surface area contributed by atoms with Gasteiger partial charge in [0.2, 0.25) is 0 Å². The summed E-state index contributed by atoms with van der Waals surface area (Å²) in [5.41, 5.74) is 1.52. The van der Waals surface area contributed by atoms with Crippen LogP contribution in [-0.2, 0) is 101 Å². The van der Waals surface area contributed by atoms with Crippen LogP contribution in [0.1, 0.15) is 265 Å². The SMILES string of the molecule is CC(C)C1CCC2(CC1)COc1cc(C(F)(F)F)ccc12.CCC(C)(C)C1CCC2(CC1)COc1cc(C(F)(F)F)ccc12.CCCC1CCC2(CC1)COc1cc(C(F)(F)F)ccc12.CCCC1CCC2(CC1)COc1cc(C(F)(F)F)ccc12.O=C1CCC2(CC1)COc1cc(C(F)(F)F)ccc12.O=C=O.O=C=O.O=C=O.O=C=O. The van der Waals surface area contributed by atoms with Crippen molar-refractivity contribution in [3.8, 4) is 28.7 Å². The van der Waals surface area contributed by atoms with Gasteiger partial charge < -0.3 is 23.7 Å². The summed E-state index contributed by atoms with van der Waals surface area (Å²) in [6, 6.07) is 19.7. The lowest BCUT2D eigenvalue weighted by Gasteiger charge is -2.43. The molecule has 0 aromatic heterocycles. The molecule has 5 spiro atoms. The highest BCUT2D eigenvalue weighted by atomic mass is 19.4. The molecule has 0 atom stereocenters. The standard InChI is InChI=1S/C19H25F3O.3C17H21F3O.C14H13F3O2.4CO2/c1-4-17(2,3)13-7-9-18(10-8-13)12-23-16-11-14(19(20,21)22)5-6-15(16)18;1-11(2)12-5-7-16(8-6-12)10-21-15-9-13(17(18,19)20)3-4-14(15)16;2*1-2-3-12-6-8-16(9-7-12)11-21-15-10-13(17(18,19)20)4-5-14(15)16;15-14(16,17)9-1-2-11-12(7-9)19-8-13(11)5-3-10(18)4-6-13;4*2-1-3/h5-6,11,13H,4,7-10,12H2,1-3H3;3-4,9,11-12H,5-8,10H2,1-2H3;2*4-5,10,12H,2-3,6-9,11H2,1H3;1-2,7H,3-6,8H2;;;;. The molecule has 5 aliphatic heterocycles. The molecule has 15 rings (SSSR count). The molecule has 642 valence electrons. The number of carbonyl (C=O) groups excluding carboxylic acids is 9. The van der Waals surface area contributed by atoms with Crippen molar-refractivity contribution in [2.75, 3.05) is 33.0 Å². The maximum absolute atomic E-state index is 12.9. The summed E-state index contributed by atoms with van der Waals surface area (Å²) in [5, 5.41) is 0. The largest absolute Gasteiger partial charge is 0.492 e. The molecule has 5 aliphatic carbocycles. The smallest absolute Gasteiger partial charge is 0.416 e. The molecule has 0 saturated heterocycles. The molecule has 5 aromatic rings. The number of hydrogen-bond donors (Lipinski definition) is 0. The van der Waals surface area contributed by atoms with Crippen molar-refractivity contribution in [2.24, 2.45) is 35.0 Å². The van der Waals surface area contributed by atoms with Crippen LogP contribution in [-0.4, -0.2) is 63.4 Å². The minimum atomic E-state index is -4.35. The molecule has 0 bridgehead atoms. The van der Waals surface area contributed by atoms with E-state index in [-0.39, 0.29) is 57.5 Å². The Labute approximate surface area is 670 Å². The van der Waals surface area contributed by atoms with Crippen LogP contribution in [0.4, 0.5) is 65.9 Å². The van der Waals surface area contributed by atoms with Gasteiger partial charge in [0.25, 0.3) is 0 Å². The van der Waals surface area contributed by atoms with Gasteiger partial charge in [0.1, 0.15) is 34.5 Å². The third-order valence-electron chi connectivity index (χ3n) is 26.1. The highest BCUT2D eigenvalue weighted by Crippen LogP contribution is 2.57. The third kappa shape index (κ3) is 23.4. The number of carbonyl (C=O) groups is 1. The van der Waals surface area contributed by atoms with Crippen LogP contribution in [0.25, 0.3) is 0 Å². The molecule has 117 heavy (non-hydrogen) atoms. The second-order valence-corrected chi connectivity index (χ2v) is 33.4. The van der Waals surface area contributed by atoms with Gasteiger partial charge in [0.05, 0.1) is 60.9 Å². The molecule has 5 aromatic carbocycles. The summed E-state index contributed by atoms with van der Waals surface area (Å²) < 4.78 is 219. The molecule has 14 nitrogen and oxygen atoms in total. The van der Waals surface area contributed by atoms with Crippen LogP contribution in [0.3, 0.4) is 0 Å². The van der Waals surface area contributed by atoms with Crippen LogP contribution < -0.4 is 23.7 Å². The lowest BCUT2D eigenvalue weighted by molar-refractivity contribution is -0.193. The van der Waals surface area contributed by atoms with E-state index in [1.54, 1.807) is 24.3 Å². The van der Waals surface area contributed by atoms with Gasteiger partial charge in [-0.2, -0.15) is 104 Å². The second-order valence-electron chi connectivity index (χ2n) is 33.4. The Hall–Kier alpha value is -8.76. The van der Waals surface area contributed by atoms with Crippen molar-refractivity contribution in [1.29, 1.82) is 0 Å². The van der Waals surface area contributed by atoms with E-state index in [1.807, 2.05) is 0 Å². The highest BCUT2D eigenvalue weighted by Gasteiger charge is 2.51. The first-order valence-corrected chi connectivity index (χ1v) is 39.7. The van der Waals surface area contributed by atoms with Crippen molar-refractivity contribution < 1.29 is 133 Å². The Morgan fingerprint density at radius 2 is 0.564 bits per heavy atom. The highest BCUT2D eigenvalue weighted by molar-refractivity contribution is 5.80. The third-order valence-corrected chi connectivity index (χ3v) is 26.1. The first kappa shape index (κ1) is 95.4. The van der Waals surface area contributed by atoms with Crippen LogP contribution in [0.2, 0.25) is 0 Å². The van der Waals surface area contributed by atoms with Gasteiger partial charge in [0, 0.05) is 67.7 Å². The Balaban J connectivity index is 0.000000195.